The van der Waals surface area contributed by atoms with Gasteiger partial charge in [-0.25, -0.2) is 4.79 Å². The fourth-order valence-electron chi connectivity index (χ4n) is 2.38. The van der Waals surface area contributed by atoms with Gasteiger partial charge in [-0.3, -0.25) is 0 Å². The summed E-state index contributed by atoms with van der Waals surface area (Å²) in [6.45, 7) is 1.31. The van der Waals surface area contributed by atoms with Gasteiger partial charge in [0.2, 0.25) is 0 Å². The van der Waals surface area contributed by atoms with Crippen molar-refractivity contribution in [1.82, 2.24) is 0 Å². The van der Waals surface area contributed by atoms with Gasteiger partial charge in [0.05, 0.1) is 12.7 Å². The van der Waals surface area contributed by atoms with E-state index in [2.05, 4.69) is 11.4 Å². The highest BCUT2D eigenvalue weighted by Crippen LogP contribution is 2.22. The van der Waals surface area contributed by atoms with Crippen molar-refractivity contribution >= 4 is 11.7 Å². The molecule has 0 bridgehead atoms. The molecule has 2 atom stereocenters. The van der Waals surface area contributed by atoms with E-state index in [9.17, 15) is 4.79 Å². The van der Waals surface area contributed by atoms with E-state index >= 15 is 0 Å². The van der Waals surface area contributed by atoms with Gasteiger partial charge in [0.1, 0.15) is 0 Å². The highest BCUT2D eigenvalue weighted by Gasteiger charge is 2.30. The number of para-hydroxylation sites is 1. The number of methoxy groups -OCH3 is 1. The Morgan fingerprint density at radius 3 is 2.95 bits per heavy atom. The SMILES string of the molecule is COCCc1ccccc1NCC1CCC(C(=O)O)O1. The van der Waals surface area contributed by atoms with Crippen molar-refractivity contribution in [3.8, 4) is 0 Å². The van der Waals surface area contributed by atoms with Crippen LogP contribution in [0, 0.1) is 0 Å². The van der Waals surface area contributed by atoms with Gasteiger partial charge in [-0.2, -0.15) is 0 Å². The van der Waals surface area contributed by atoms with Gasteiger partial charge in [-0.15, -0.1) is 0 Å². The summed E-state index contributed by atoms with van der Waals surface area (Å²) in [4.78, 5) is 10.8. The number of aliphatic carboxylic acids is 1. The molecular formula is C15H21NO4. The number of rotatable bonds is 7. The zero-order valence-electron chi connectivity index (χ0n) is 11.7. The van der Waals surface area contributed by atoms with Crippen molar-refractivity contribution in [3.63, 3.8) is 0 Å². The predicted molar refractivity (Wildman–Crippen MR) is 76.0 cm³/mol. The number of hydrogen-bond acceptors (Lipinski definition) is 4. The van der Waals surface area contributed by atoms with Crippen LogP contribution in [0.5, 0.6) is 0 Å². The molecule has 20 heavy (non-hydrogen) atoms. The molecule has 1 aliphatic heterocycles. The molecule has 0 aliphatic carbocycles. The van der Waals surface area contributed by atoms with Crippen molar-refractivity contribution in [2.24, 2.45) is 0 Å². The Bertz CT molecular complexity index is 449. The first-order chi connectivity index (χ1) is 9.70. The molecule has 1 saturated heterocycles. The summed E-state index contributed by atoms with van der Waals surface area (Å²) >= 11 is 0. The number of carboxylic acids is 1. The lowest BCUT2D eigenvalue weighted by Gasteiger charge is -2.16. The van der Waals surface area contributed by atoms with Gasteiger partial charge in [-0.1, -0.05) is 18.2 Å². The second-order valence-electron chi connectivity index (χ2n) is 4.94. The van der Waals surface area contributed by atoms with Crippen molar-refractivity contribution in [2.45, 2.75) is 31.5 Å². The van der Waals surface area contributed by atoms with Crippen LogP contribution in [0.1, 0.15) is 18.4 Å². The minimum Gasteiger partial charge on any atom is -0.479 e. The third-order valence-electron chi connectivity index (χ3n) is 3.50. The Hall–Kier alpha value is -1.59. The number of nitrogens with one attached hydrogen (secondary N) is 1. The molecular weight excluding hydrogens is 258 g/mol. The molecule has 0 amide bonds. The van der Waals surface area contributed by atoms with Crippen LogP contribution in [-0.4, -0.2) is 43.5 Å². The maximum Gasteiger partial charge on any atom is 0.332 e. The monoisotopic (exact) mass is 279 g/mol. The summed E-state index contributed by atoms with van der Waals surface area (Å²) in [7, 11) is 1.69. The van der Waals surface area contributed by atoms with Crippen molar-refractivity contribution < 1.29 is 19.4 Å². The fraction of sp³-hybridized carbons (Fsp3) is 0.533. The number of hydrogen-bond donors (Lipinski definition) is 2. The first kappa shape index (κ1) is 14.8. The second kappa shape index (κ2) is 7.26. The molecule has 0 saturated carbocycles. The lowest BCUT2D eigenvalue weighted by Crippen LogP contribution is -2.24. The van der Waals surface area contributed by atoms with Crippen LogP contribution in [0.4, 0.5) is 5.69 Å². The zero-order valence-corrected chi connectivity index (χ0v) is 11.7. The number of benzene rings is 1. The molecule has 0 radical (unpaired) electrons. The summed E-state index contributed by atoms with van der Waals surface area (Å²) in [6, 6.07) is 8.07. The molecule has 2 N–H and O–H groups in total. The Morgan fingerprint density at radius 2 is 2.25 bits per heavy atom. The van der Waals surface area contributed by atoms with Crippen molar-refractivity contribution in [3.05, 3.63) is 29.8 Å². The third-order valence-corrected chi connectivity index (χ3v) is 3.50. The van der Waals surface area contributed by atoms with E-state index in [1.54, 1.807) is 7.11 Å². The topological polar surface area (TPSA) is 67.8 Å². The number of ether oxygens (including phenoxy) is 2. The molecule has 1 aromatic rings. The smallest absolute Gasteiger partial charge is 0.332 e. The Kier molecular flexibility index (Phi) is 5.38. The van der Waals surface area contributed by atoms with Gasteiger partial charge >= 0.3 is 5.97 Å². The standard InChI is InChI=1S/C15H21NO4/c1-19-9-8-11-4-2-3-5-13(11)16-10-12-6-7-14(20-12)15(17)18/h2-5,12,14,16H,6-10H2,1H3,(H,17,18). The van der Waals surface area contributed by atoms with Crippen LogP contribution >= 0.6 is 0 Å². The lowest BCUT2D eigenvalue weighted by molar-refractivity contribution is -0.149. The normalized spacial score (nSPS) is 21.9. The predicted octanol–water partition coefficient (Wildman–Crippen LogP) is 1.92. The van der Waals surface area contributed by atoms with Crippen LogP contribution in [0.15, 0.2) is 24.3 Å². The van der Waals surface area contributed by atoms with Gasteiger partial charge in [0.15, 0.2) is 6.10 Å². The first-order valence-corrected chi connectivity index (χ1v) is 6.89. The number of anilines is 1. The van der Waals surface area contributed by atoms with Crippen LogP contribution in [0.3, 0.4) is 0 Å². The highest BCUT2D eigenvalue weighted by atomic mass is 16.5. The zero-order chi connectivity index (χ0) is 14.4. The largest absolute Gasteiger partial charge is 0.479 e. The van der Waals surface area contributed by atoms with E-state index in [1.165, 1.54) is 5.56 Å². The summed E-state index contributed by atoms with van der Waals surface area (Å²) in [6.07, 6.45) is 1.54. The number of carboxylic acid groups (broad SMARTS) is 1. The summed E-state index contributed by atoms with van der Waals surface area (Å²) in [5.41, 5.74) is 2.26. The summed E-state index contributed by atoms with van der Waals surface area (Å²) in [5.74, 6) is -0.868. The third kappa shape index (κ3) is 3.95. The molecule has 1 fully saturated rings. The molecule has 1 aromatic carbocycles. The molecule has 1 aliphatic rings. The van der Waals surface area contributed by atoms with Crippen molar-refractivity contribution in [1.29, 1.82) is 0 Å². The molecule has 5 nitrogen and oxygen atoms in total. The second-order valence-corrected chi connectivity index (χ2v) is 4.94. The molecule has 5 heteroatoms. The average molecular weight is 279 g/mol. The Morgan fingerprint density at radius 1 is 1.45 bits per heavy atom. The fourth-order valence-corrected chi connectivity index (χ4v) is 2.38. The van der Waals surface area contributed by atoms with E-state index in [4.69, 9.17) is 14.6 Å². The van der Waals surface area contributed by atoms with E-state index in [1.807, 2.05) is 18.2 Å². The van der Waals surface area contributed by atoms with Crippen LogP contribution in [0.2, 0.25) is 0 Å². The molecule has 1 heterocycles. The van der Waals surface area contributed by atoms with E-state index in [-0.39, 0.29) is 6.10 Å². The lowest BCUT2D eigenvalue weighted by atomic mass is 10.1. The molecule has 2 unspecified atom stereocenters. The van der Waals surface area contributed by atoms with Gasteiger partial charge in [0.25, 0.3) is 0 Å². The summed E-state index contributed by atoms with van der Waals surface area (Å²) in [5, 5.41) is 12.2. The molecule has 0 spiro atoms. The highest BCUT2D eigenvalue weighted by molar-refractivity contribution is 5.72. The molecule has 0 aromatic heterocycles. The molecule has 110 valence electrons. The minimum absolute atomic E-state index is 0.0356. The van der Waals surface area contributed by atoms with E-state index in [0.29, 0.717) is 19.6 Å². The van der Waals surface area contributed by atoms with Gasteiger partial charge in [-0.05, 0) is 30.9 Å². The molecule has 2 rings (SSSR count). The van der Waals surface area contributed by atoms with Gasteiger partial charge < -0.3 is 19.9 Å². The Labute approximate surface area is 118 Å². The van der Waals surface area contributed by atoms with E-state index in [0.717, 1.165) is 18.5 Å². The number of carbonyl (C=O) groups is 1. The average Bonchev–Trinajstić information content (AvgIpc) is 2.93. The first-order valence-electron chi connectivity index (χ1n) is 6.89. The van der Waals surface area contributed by atoms with Crippen molar-refractivity contribution in [2.75, 3.05) is 25.6 Å². The maximum absolute atomic E-state index is 10.8. The quantitative estimate of drug-likeness (QED) is 0.798. The van der Waals surface area contributed by atoms with E-state index < -0.39 is 12.1 Å². The van der Waals surface area contributed by atoms with Gasteiger partial charge in [0, 0.05) is 19.3 Å². The maximum atomic E-state index is 10.8. The van der Waals surface area contributed by atoms with Crippen LogP contribution in [0.25, 0.3) is 0 Å². The Balaban J connectivity index is 1.86. The van der Waals surface area contributed by atoms with Crippen LogP contribution in [-0.2, 0) is 20.7 Å². The summed E-state index contributed by atoms with van der Waals surface area (Å²) < 4.78 is 10.6. The van der Waals surface area contributed by atoms with Crippen LogP contribution < -0.4 is 5.32 Å². The minimum atomic E-state index is -0.868.